The highest BCUT2D eigenvalue weighted by Gasteiger charge is 2.47. The van der Waals surface area contributed by atoms with Gasteiger partial charge in [-0.2, -0.15) is 9.36 Å². The Bertz CT molecular complexity index is 747. The molecule has 0 bridgehead atoms. The number of rotatable bonds is 2. The molecular weight excluding hydrogens is 398 g/mol. The Kier molecular flexibility index (Phi) is 5.45. The first-order chi connectivity index (χ1) is 14.6. The Morgan fingerprint density at radius 3 is 2.10 bits per heavy atom. The van der Waals surface area contributed by atoms with E-state index in [1.54, 1.807) is 11.5 Å². The summed E-state index contributed by atoms with van der Waals surface area (Å²) in [6.07, 6.45) is 11.1. The number of aromatic nitrogens is 3. The summed E-state index contributed by atoms with van der Waals surface area (Å²) >= 11 is 1.64. The van der Waals surface area contributed by atoms with Gasteiger partial charge in [0.05, 0.1) is 11.1 Å². The molecule has 4 aliphatic heterocycles. The zero-order chi connectivity index (χ0) is 20.6. The molecular formula is C21H33N7OS. The van der Waals surface area contributed by atoms with Gasteiger partial charge in [0.15, 0.2) is 6.33 Å². The van der Waals surface area contributed by atoms with E-state index in [2.05, 4.69) is 54.3 Å². The maximum absolute atomic E-state index is 5.19. The molecule has 6 rings (SSSR count). The summed E-state index contributed by atoms with van der Waals surface area (Å²) < 4.78 is 9.41. The predicted molar refractivity (Wildman–Crippen MR) is 119 cm³/mol. The van der Waals surface area contributed by atoms with Gasteiger partial charge in [0.1, 0.15) is 5.00 Å². The third kappa shape index (κ3) is 3.61. The number of likely N-dealkylation sites (tertiary alicyclic amines) is 2. The fourth-order valence-electron chi connectivity index (χ4n) is 6.12. The zero-order valence-electron chi connectivity index (χ0n) is 18.2. The Labute approximate surface area is 183 Å². The SMILES string of the molecule is CN1CCC2(CCCN2c2ccns2)C1.CN1CCC2(CCCN2c2ncno2)C1. The molecule has 4 saturated heterocycles. The van der Waals surface area contributed by atoms with Crippen molar-refractivity contribution in [3.8, 4) is 0 Å². The van der Waals surface area contributed by atoms with Crippen LogP contribution in [0, 0.1) is 0 Å². The van der Waals surface area contributed by atoms with Gasteiger partial charge in [0.25, 0.3) is 0 Å². The Balaban J connectivity index is 0.000000128. The average Bonchev–Trinajstić information content (AvgIpc) is 3.54. The molecule has 0 saturated carbocycles. The number of nitrogens with zero attached hydrogens (tertiary/aromatic N) is 7. The number of hydrogen-bond donors (Lipinski definition) is 0. The Morgan fingerprint density at radius 1 is 0.900 bits per heavy atom. The van der Waals surface area contributed by atoms with Crippen molar-refractivity contribution in [2.75, 3.05) is 63.2 Å². The molecule has 0 aliphatic carbocycles. The first kappa shape index (κ1) is 20.2. The molecule has 2 atom stereocenters. The van der Waals surface area contributed by atoms with Crippen LogP contribution in [-0.4, -0.2) is 88.8 Å². The lowest BCUT2D eigenvalue weighted by molar-refractivity contribution is 0.343. The fraction of sp³-hybridized carbons (Fsp3) is 0.762. The molecule has 2 aromatic heterocycles. The Morgan fingerprint density at radius 2 is 1.57 bits per heavy atom. The van der Waals surface area contributed by atoms with Crippen molar-refractivity contribution in [3.05, 3.63) is 18.6 Å². The second-order valence-corrected chi connectivity index (χ2v) is 10.3. The molecule has 6 heterocycles. The van der Waals surface area contributed by atoms with E-state index in [0.29, 0.717) is 11.6 Å². The van der Waals surface area contributed by atoms with Gasteiger partial charge in [-0.25, -0.2) is 0 Å². The third-order valence-corrected chi connectivity index (χ3v) is 8.28. The molecule has 0 aromatic carbocycles. The highest BCUT2D eigenvalue weighted by molar-refractivity contribution is 7.10. The largest absolute Gasteiger partial charge is 0.355 e. The van der Waals surface area contributed by atoms with Gasteiger partial charge in [0.2, 0.25) is 0 Å². The molecule has 164 valence electrons. The second kappa shape index (κ2) is 8.09. The first-order valence-electron chi connectivity index (χ1n) is 11.2. The number of likely N-dealkylation sites (N-methyl/N-ethyl adjacent to an activating group) is 2. The highest BCUT2D eigenvalue weighted by atomic mass is 32.1. The lowest BCUT2D eigenvalue weighted by Gasteiger charge is -2.35. The highest BCUT2D eigenvalue weighted by Crippen LogP contribution is 2.41. The van der Waals surface area contributed by atoms with E-state index < -0.39 is 0 Å². The summed E-state index contributed by atoms with van der Waals surface area (Å²) in [6, 6.07) is 2.86. The average molecular weight is 432 g/mol. The smallest absolute Gasteiger partial charge is 0.324 e. The molecule has 8 nitrogen and oxygen atoms in total. The van der Waals surface area contributed by atoms with Crippen LogP contribution in [0.4, 0.5) is 11.0 Å². The molecule has 30 heavy (non-hydrogen) atoms. The van der Waals surface area contributed by atoms with E-state index in [9.17, 15) is 0 Å². The first-order valence-corrected chi connectivity index (χ1v) is 12.0. The predicted octanol–water partition coefficient (Wildman–Crippen LogP) is 2.56. The van der Waals surface area contributed by atoms with E-state index in [-0.39, 0.29) is 5.54 Å². The van der Waals surface area contributed by atoms with Crippen molar-refractivity contribution in [1.82, 2.24) is 24.3 Å². The monoisotopic (exact) mass is 431 g/mol. The van der Waals surface area contributed by atoms with Crippen LogP contribution < -0.4 is 9.80 Å². The summed E-state index contributed by atoms with van der Waals surface area (Å²) in [5.41, 5.74) is 0.697. The maximum atomic E-state index is 5.19. The van der Waals surface area contributed by atoms with Crippen LogP contribution >= 0.6 is 11.5 Å². The van der Waals surface area contributed by atoms with Crippen molar-refractivity contribution in [2.24, 2.45) is 0 Å². The van der Waals surface area contributed by atoms with E-state index >= 15 is 0 Å². The summed E-state index contributed by atoms with van der Waals surface area (Å²) in [6.45, 7) is 7.03. The van der Waals surface area contributed by atoms with Crippen LogP contribution in [0.1, 0.15) is 38.5 Å². The van der Waals surface area contributed by atoms with Crippen molar-refractivity contribution in [1.29, 1.82) is 0 Å². The van der Waals surface area contributed by atoms with Gasteiger partial charge in [-0.05, 0) is 70.2 Å². The van der Waals surface area contributed by atoms with Gasteiger partial charge < -0.3 is 24.1 Å². The lowest BCUT2D eigenvalue weighted by Crippen LogP contribution is -2.46. The minimum Gasteiger partial charge on any atom is -0.355 e. The van der Waals surface area contributed by atoms with E-state index in [4.69, 9.17) is 4.52 Å². The maximum Gasteiger partial charge on any atom is 0.324 e. The van der Waals surface area contributed by atoms with Crippen molar-refractivity contribution < 1.29 is 4.52 Å². The third-order valence-electron chi connectivity index (χ3n) is 7.51. The summed E-state index contributed by atoms with van der Waals surface area (Å²) in [5, 5.41) is 5.06. The van der Waals surface area contributed by atoms with Gasteiger partial charge in [-0.1, -0.05) is 5.16 Å². The van der Waals surface area contributed by atoms with Crippen molar-refractivity contribution in [3.63, 3.8) is 0 Å². The van der Waals surface area contributed by atoms with Gasteiger partial charge >= 0.3 is 6.01 Å². The Hall–Kier alpha value is -1.71. The van der Waals surface area contributed by atoms with Gasteiger partial charge in [0, 0.05) is 45.5 Å². The van der Waals surface area contributed by atoms with Crippen molar-refractivity contribution >= 4 is 22.5 Å². The molecule has 2 aromatic rings. The van der Waals surface area contributed by atoms with Crippen LogP contribution in [0.25, 0.3) is 0 Å². The summed E-state index contributed by atoms with van der Waals surface area (Å²) in [4.78, 5) is 13.9. The molecule has 2 spiro atoms. The fourth-order valence-corrected chi connectivity index (χ4v) is 6.86. The molecule has 0 amide bonds. The molecule has 0 N–H and O–H groups in total. The minimum absolute atomic E-state index is 0.265. The van der Waals surface area contributed by atoms with E-state index in [1.807, 2.05) is 6.20 Å². The van der Waals surface area contributed by atoms with Crippen LogP contribution in [0.3, 0.4) is 0 Å². The summed E-state index contributed by atoms with van der Waals surface area (Å²) in [5.74, 6) is 0. The number of hydrogen-bond acceptors (Lipinski definition) is 9. The topological polar surface area (TPSA) is 64.8 Å². The van der Waals surface area contributed by atoms with Crippen LogP contribution in [0.15, 0.2) is 23.1 Å². The molecule has 0 radical (unpaired) electrons. The minimum atomic E-state index is 0.265. The summed E-state index contributed by atoms with van der Waals surface area (Å²) in [7, 11) is 4.41. The van der Waals surface area contributed by atoms with E-state index in [0.717, 1.165) is 13.1 Å². The normalized spacial score (nSPS) is 31.9. The molecule has 4 aliphatic rings. The quantitative estimate of drug-likeness (QED) is 0.719. The second-order valence-electron chi connectivity index (χ2n) is 9.51. The van der Waals surface area contributed by atoms with Crippen LogP contribution in [0.2, 0.25) is 0 Å². The molecule has 4 fully saturated rings. The van der Waals surface area contributed by atoms with Crippen LogP contribution in [-0.2, 0) is 0 Å². The van der Waals surface area contributed by atoms with Crippen molar-refractivity contribution in [2.45, 2.75) is 49.6 Å². The standard InChI is InChI=1S/C11H17N3S.C10H16N4O/c1-13-8-5-11(9-13)4-2-7-14(11)10-3-6-12-15-10;1-13-6-4-10(7-13)3-2-5-14(10)9-11-8-12-15-9/h3,6H,2,4-5,7-9H2,1H3;8H,2-7H2,1H3. The lowest BCUT2D eigenvalue weighted by atomic mass is 9.95. The molecule has 9 heteroatoms. The number of anilines is 2. The van der Waals surface area contributed by atoms with E-state index in [1.165, 1.54) is 76.0 Å². The van der Waals surface area contributed by atoms with Gasteiger partial charge in [-0.15, -0.1) is 0 Å². The molecule has 2 unspecified atom stereocenters. The van der Waals surface area contributed by atoms with Gasteiger partial charge in [-0.3, -0.25) is 0 Å². The van der Waals surface area contributed by atoms with Crippen LogP contribution in [0.5, 0.6) is 0 Å². The zero-order valence-corrected chi connectivity index (χ0v) is 19.0.